The Morgan fingerprint density at radius 3 is 2.75 bits per heavy atom. The number of hydrogen-bond donors (Lipinski definition) is 2. The van der Waals surface area contributed by atoms with Gasteiger partial charge in [-0.15, -0.1) is 0 Å². The predicted octanol–water partition coefficient (Wildman–Crippen LogP) is 1.80. The molecule has 0 unspecified atom stereocenters. The van der Waals surface area contributed by atoms with Crippen molar-refractivity contribution in [2.24, 2.45) is 0 Å². The van der Waals surface area contributed by atoms with E-state index in [9.17, 15) is 5.11 Å². The first kappa shape index (κ1) is 15.4. The highest BCUT2D eigenvalue weighted by atomic mass is 16.3. The zero-order valence-electron chi connectivity index (χ0n) is 12.7. The number of nitrogens with zero attached hydrogens (tertiary/aromatic N) is 2. The first-order chi connectivity index (χ1) is 9.59. The number of hydrogen-bond acceptors (Lipinski definition) is 4. The fourth-order valence-corrected chi connectivity index (χ4v) is 2.51. The first-order valence-electron chi connectivity index (χ1n) is 7.67. The fraction of sp³-hybridized carbons (Fsp3) is 0.688. The Labute approximate surface area is 122 Å². The average Bonchev–Trinajstić information content (AvgIpc) is 2.48. The molecule has 0 radical (unpaired) electrons. The fourth-order valence-electron chi connectivity index (χ4n) is 2.51. The van der Waals surface area contributed by atoms with Crippen LogP contribution >= 0.6 is 0 Å². The predicted molar refractivity (Wildman–Crippen MR) is 81.5 cm³/mol. The van der Waals surface area contributed by atoms with E-state index in [2.05, 4.69) is 21.3 Å². The van der Waals surface area contributed by atoms with Crippen molar-refractivity contribution in [3.05, 3.63) is 30.1 Å². The minimum Gasteiger partial charge on any atom is -0.389 e. The molecular formula is C16H27N3O. The minimum absolute atomic E-state index is 0.535. The van der Waals surface area contributed by atoms with E-state index in [1.165, 1.54) is 0 Å². The summed E-state index contributed by atoms with van der Waals surface area (Å²) in [6.45, 7) is 7.76. The largest absolute Gasteiger partial charge is 0.389 e. The Morgan fingerprint density at radius 2 is 2.15 bits per heavy atom. The number of aromatic nitrogens is 1. The Kier molecular flexibility index (Phi) is 5.52. The zero-order valence-corrected chi connectivity index (χ0v) is 12.7. The van der Waals surface area contributed by atoms with Crippen LogP contribution < -0.4 is 5.32 Å². The molecule has 1 aromatic rings. The molecule has 1 atom stereocenters. The monoisotopic (exact) mass is 277 g/mol. The van der Waals surface area contributed by atoms with Crippen LogP contribution in [0.2, 0.25) is 0 Å². The molecule has 112 valence electrons. The summed E-state index contributed by atoms with van der Waals surface area (Å²) in [5.74, 6) is 0. The van der Waals surface area contributed by atoms with Crippen LogP contribution in [0.5, 0.6) is 0 Å². The van der Waals surface area contributed by atoms with Gasteiger partial charge in [-0.3, -0.25) is 9.88 Å². The highest BCUT2D eigenvalue weighted by Gasteiger charge is 2.23. The third kappa shape index (κ3) is 4.85. The van der Waals surface area contributed by atoms with Gasteiger partial charge in [-0.25, -0.2) is 0 Å². The number of nitrogens with one attached hydrogen (secondary N) is 1. The number of likely N-dealkylation sites (tertiary alicyclic amines) is 1. The van der Waals surface area contributed by atoms with E-state index in [1.54, 1.807) is 0 Å². The van der Waals surface area contributed by atoms with Gasteiger partial charge in [0.2, 0.25) is 0 Å². The summed E-state index contributed by atoms with van der Waals surface area (Å²) < 4.78 is 0. The summed E-state index contributed by atoms with van der Waals surface area (Å²) in [6, 6.07) is 6.62. The normalized spacial score (nSPS) is 20.8. The second-order valence-corrected chi connectivity index (χ2v) is 6.10. The van der Waals surface area contributed by atoms with Gasteiger partial charge in [-0.05, 0) is 38.3 Å². The van der Waals surface area contributed by atoms with Gasteiger partial charge < -0.3 is 10.4 Å². The summed E-state index contributed by atoms with van der Waals surface area (Å²) in [4.78, 5) is 6.84. The molecule has 1 saturated heterocycles. The quantitative estimate of drug-likeness (QED) is 0.832. The molecule has 1 aliphatic heterocycles. The van der Waals surface area contributed by atoms with E-state index < -0.39 is 5.60 Å². The van der Waals surface area contributed by atoms with Crippen molar-refractivity contribution in [1.29, 1.82) is 0 Å². The minimum atomic E-state index is -0.578. The van der Waals surface area contributed by atoms with Crippen LogP contribution in [-0.4, -0.2) is 46.3 Å². The Bertz CT molecular complexity index is 386. The molecule has 4 nitrogen and oxygen atoms in total. The van der Waals surface area contributed by atoms with Gasteiger partial charge >= 0.3 is 0 Å². The lowest BCUT2D eigenvalue weighted by molar-refractivity contribution is 0.0491. The molecule has 2 rings (SSSR count). The number of piperidine rings is 1. The van der Waals surface area contributed by atoms with Gasteiger partial charge in [0.05, 0.1) is 11.3 Å². The highest BCUT2D eigenvalue weighted by Crippen LogP contribution is 2.14. The lowest BCUT2D eigenvalue weighted by Gasteiger charge is -2.34. The molecule has 0 saturated carbocycles. The van der Waals surface area contributed by atoms with Crippen molar-refractivity contribution in [1.82, 2.24) is 15.2 Å². The SMILES string of the molecule is CC[C@@](C)(O)CNC1CCN(Cc2ccccn2)CC1. The summed E-state index contributed by atoms with van der Waals surface area (Å²) in [5.41, 5.74) is 0.568. The maximum Gasteiger partial charge on any atom is 0.0741 e. The second kappa shape index (κ2) is 7.16. The van der Waals surface area contributed by atoms with Gasteiger partial charge in [0.1, 0.15) is 0 Å². The van der Waals surface area contributed by atoms with Crippen molar-refractivity contribution in [2.75, 3.05) is 19.6 Å². The molecule has 1 aliphatic rings. The van der Waals surface area contributed by atoms with E-state index in [0.717, 1.165) is 44.6 Å². The summed E-state index contributed by atoms with van der Waals surface area (Å²) >= 11 is 0. The molecule has 2 N–H and O–H groups in total. The van der Waals surface area contributed by atoms with E-state index >= 15 is 0 Å². The van der Waals surface area contributed by atoms with E-state index in [0.29, 0.717) is 12.6 Å². The van der Waals surface area contributed by atoms with Crippen LogP contribution in [0.4, 0.5) is 0 Å². The summed E-state index contributed by atoms with van der Waals surface area (Å²) in [6.07, 6.45) is 4.94. The van der Waals surface area contributed by atoms with Crippen molar-refractivity contribution >= 4 is 0 Å². The lowest BCUT2D eigenvalue weighted by Crippen LogP contribution is -2.47. The average molecular weight is 277 g/mol. The Morgan fingerprint density at radius 1 is 1.40 bits per heavy atom. The molecule has 0 aliphatic carbocycles. The van der Waals surface area contributed by atoms with Crippen LogP contribution in [0.3, 0.4) is 0 Å². The van der Waals surface area contributed by atoms with E-state index in [-0.39, 0.29) is 0 Å². The maximum absolute atomic E-state index is 10.0. The van der Waals surface area contributed by atoms with Gasteiger partial charge in [0, 0.05) is 38.4 Å². The van der Waals surface area contributed by atoms with Crippen LogP contribution in [0.15, 0.2) is 24.4 Å². The Balaban J connectivity index is 1.70. The van der Waals surface area contributed by atoms with E-state index in [4.69, 9.17) is 0 Å². The van der Waals surface area contributed by atoms with Gasteiger partial charge in [-0.1, -0.05) is 13.0 Å². The molecule has 1 fully saturated rings. The molecule has 20 heavy (non-hydrogen) atoms. The van der Waals surface area contributed by atoms with Crippen molar-refractivity contribution in [3.8, 4) is 0 Å². The van der Waals surface area contributed by atoms with Crippen LogP contribution in [0.1, 0.15) is 38.8 Å². The van der Waals surface area contributed by atoms with Gasteiger partial charge in [0.15, 0.2) is 0 Å². The van der Waals surface area contributed by atoms with Gasteiger partial charge in [-0.2, -0.15) is 0 Å². The van der Waals surface area contributed by atoms with Crippen molar-refractivity contribution in [2.45, 2.75) is 51.3 Å². The smallest absolute Gasteiger partial charge is 0.0741 e. The van der Waals surface area contributed by atoms with Crippen LogP contribution in [0, 0.1) is 0 Å². The molecule has 0 spiro atoms. The first-order valence-corrected chi connectivity index (χ1v) is 7.67. The molecule has 2 heterocycles. The molecule has 4 heteroatoms. The summed E-state index contributed by atoms with van der Waals surface area (Å²) in [7, 11) is 0. The Hall–Kier alpha value is -0.970. The lowest BCUT2D eigenvalue weighted by atomic mass is 10.0. The highest BCUT2D eigenvalue weighted by molar-refractivity contribution is 5.03. The molecule has 0 bridgehead atoms. The standard InChI is InChI=1S/C16H27N3O/c1-3-16(2,20)13-18-14-7-10-19(11-8-14)12-15-6-4-5-9-17-15/h4-6,9,14,18,20H,3,7-8,10-13H2,1-2H3/t16-/m1/s1. The molecule has 0 aromatic carbocycles. The number of pyridine rings is 1. The van der Waals surface area contributed by atoms with Gasteiger partial charge in [0.25, 0.3) is 0 Å². The molecular weight excluding hydrogens is 250 g/mol. The van der Waals surface area contributed by atoms with Crippen molar-refractivity contribution < 1.29 is 5.11 Å². The topological polar surface area (TPSA) is 48.4 Å². The third-order valence-corrected chi connectivity index (χ3v) is 4.23. The van der Waals surface area contributed by atoms with E-state index in [1.807, 2.05) is 32.2 Å². The summed E-state index contributed by atoms with van der Waals surface area (Å²) in [5, 5.41) is 13.5. The second-order valence-electron chi connectivity index (χ2n) is 6.10. The third-order valence-electron chi connectivity index (χ3n) is 4.23. The number of rotatable bonds is 6. The van der Waals surface area contributed by atoms with Crippen molar-refractivity contribution in [3.63, 3.8) is 0 Å². The zero-order chi connectivity index (χ0) is 14.4. The molecule has 0 amide bonds. The maximum atomic E-state index is 10.0. The van der Waals surface area contributed by atoms with Crippen LogP contribution in [-0.2, 0) is 6.54 Å². The molecule has 1 aromatic heterocycles. The number of aliphatic hydroxyl groups is 1. The van der Waals surface area contributed by atoms with Crippen LogP contribution in [0.25, 0.3) is 0 Å².